The van der Waals surface area contributed by atoms with Crippen LogP contribution in [-0.4, -0.2) is 10.8 Å². The number of hydrogen-bond donors (Lipinski definition) is 1. The summed E-state index contributed by atoms with van der Waals surface area (Å²) in [6.45, 7) is 13.7. The van der Waals surface area contributed by atoms with Gasteiger partial charge in [0.15, 0.2) is 5.78 Å². The van der Waals surface area contributed by atoms with Gasteiger partial charge in [0.05, 0.1) is 10.6 Å². The lowest BCUT2D eigenvalue weighted by atomic mass is 10.1. The standard InChI is InChI=1S/C15H11Cl2F2NO2S.C6H14.C2H6/c1-7-4-3-5-9(16)13(7)23-10-6-11(15(17,18)19)20-14(22)12(10)8(2)21;1-4-6(3)5-2;1-2/h3-6H,1-2H3,(H,20,22);6H,4-5H2,1-3H3;1-2H3. The Hall–Kier alpha value is -1.37. The Labute approximate surface area is 197 Å². The van der Waals surface area contributed by atoms with Crippen LogP contribution >= 0.6 is 35.0 Å². The Morgan fingerprint density at radius 2 is 1.77 bits per heavy atom. The zero-order valence-corrected chi connectivity index (χ0v) is 21.4. The highest BCUT2D eigenvalue weighted by Crippen LogP contribution is 2.39. The van der Waals surface area contributed by atoms with Gasteiger partial charge in [-0.15, -0.1) is 0 Å². The summed E-state index contributed by atoms with van der Waals surface area (Å²) in [6, 6.07) is 6.16. The van der Waals surface area contributed by atoms with Crippen LogP contribution in [0.3, 0.4) is 0 Å². The van der Waals surface area contributed by atoms with Gasteiger partial charge in [0.25, 0.3) is 5.56 Å². The van der Waals surface area contributed by atoms with Crippen molar-refractivity contribution in [3.63, 3.8) is 0 Å². The average molecular weight is 494 g/mol. The van der Waals surface area contributed by atoms with Crippen molar-refractivity contribution in [3.05, 3.63) is 56.5 Å². The third-order valence-electron chi connectivity index (χ3n) is 4.42. The molecule has 2 aromatic rings. The quantitative estimate of drug-likeness (QED) is 0.324. The van der Waals surface area contributed by atoms with Gasteiger partial charge in [-0.3, -0.25) is 9.59 Å². The van der Waals surface area contributed by atoms with Crippen molar-refractivity contribution < 1.29 is 13.6 Å². The van der Waals surface area contributed by atoms with Crippen molar-refractivity contribution in [2.24, 2.45) is 5.92 Å². The molecule has 174 valence electrons. The van der Waals surface area contributed by atoms with Crippen LogP contribution < -0.4 is 5.56 Å². The maximum atomic E-state index is 13.3. The van der Waals surface area contributed by atoms with Gasteiger partial charge >= 0.3 is 5.38 Å². The number of nitrogens with one attached hydrogen (secondary N) is 1. The van der Waals surface area contributed by atoms with E-state index in [-0.39, 0.29) is 10.5 Å². The molecule has 0 saturated heterocycles. The second-order valence-electron chi connectivity index (χ2n) is 6.71. The van der Waals surface area contributed by atoms with E-state index in [1.807, 2.05) is 18.8 Å². The molecule has 1 aromatic heterocycles. The van der Waals surface area contributed by atoms with Crippen LogP contribution in [0.1, 0.15) is 76.0 Å². The van der Waals surface area contributed by atoms with E-state index in [0.29, 0.717) is 9.92 Å². The van der Waals surface area contributed by atoms with Crippen molar-refractivity contribution in [1.82, 2.24) is 4.98 Å². The molecule has 0 saturated carbocycles. The normalized spacial score (nSPS) is 10.7. The summed E-state index contributed by atoms with van der Waals surface area (Å²) in [5, 5.41) is -3.36. The highest BCUT2D eigenvalue weighted by atomic mass is 35.5. The van der Waals surface area contributed by atoms with Crippen LogP contribution in [0.25, 0.3) is 0 Å². The maximum Gasteiger partial charge on any atom is 0.362 e. The zero-order valence-electron chi connectivity index (χ0n) is 19.0. The molecule has 0 amide bonds. The second kappa shape index (κ2) is 13.9. The van der Waals surface area contributed by atoms with Crippen LogP contribution in [0.4, 0.5) is 8.78 Å². The summed E-state index contributed by atoms with van der Waals surface area (Å²) >= 11 is 12.1. The maximum absolute atomic E-state index is 13.3. The molecule has 0 spiro atoms. The van der Waals surface area contributed by atoms with Crippen LogP contribution in [0, 0.1) is 12.8 Å². The number of aryl methyl sites for hydroxylation is 1. The van der Waals surface area contributed by atoms with Gasteiger partial charge in [0.1, 0.15) is 5.69 Å². The van der Waals surface area contributed by atoms with Crippen LogP contribution in [0.15, 0.2) is 38.9 Å². The SMILES string of the molecule is CC.CC(=O)c1c(Sc2c(C)cccc2Cl)cc(C(F)(F)Cl)[nH]c1=O.CCC(C)CC. The van der Waals surface area contributed by atoms with Gasteiger partial charge in [-0.2, -0.15) is 8.78 Å². The van der Waals surface area contributed by atoms with Crippen molar-refractivity contribution in [2.75, 3.05) is 0 Å². The molecule has 0 aliphatic heterocycles. The fourth-order valence-corrected chi connectivity index (χ4v) is 3.82. The Kier molecular flexibility index (Phi) is 13.3. The lowest BCUT2D eigenvalue weighted by Crippen LogP contribution is -2.22. The van der Waals surface area contributed by atoms with Crippen molar-refractivity contribution in [1.29, 1.82) is 0 Å². The summed E-state index contributed by atoms with van der Waals surface area (Å²) in [6.07, 6.45) is 2.66. The predicted molar refractivity (Wildman–Crippen MR) is 128 cm³/mol. The number of Topliss-reactive ketones (excluding diaryl/α,β-unsaturated/α-hetero) is 1. The number of aromatic amines is 1. The summed E-state index contributed by atoms with van der Waals surface area (Å²) in [5.74, 6) is 0.396. The first-order chi connectivity index (χ1) is 14.4. The molecule has 0 bridgehead atoms. The number of aromatic nitrogens is 1. The van der Waals surface area contributed by atoms with E-state index in [0.717, 1.165) is 29.3 Å². The van der Waals surface area contributed by atoms with E-state index in [1.54, 1.807) is 25.1 Å². The molecule has 2 rings (SSSR count). The van der Waals surface area contributed by atoms with E-state index < -0.39 is 22.4 Å². The summed E-state index contributed by atoms with van der Waals surface area (Å²) in [7, 11) is 0. The first-order valence-corrected chi connectivity index (χ1v) is 11.8. The molecule has 1 aromatic carbocycles. The first-order valence-electron chi connectivity index (χ1n) is 10.2. The minimum atomic E-state index is -3.75. The molecule has 0 atom stereocenters. The fourth-order valence-electron chi connectivity index (χ4n) is 2.25. The predicted octanol–water partition coefficient (Wildman–Crippen LogP) is 8.45. The van der Waals surface area contributed by atoms with Gasteiger partial charge in [0.2, 0.25) is 0 Å². The largest absolute Gasteiger partial charge is 0.362 e. The Morgan fingerprint density at radius 1 is 1.23 bits per heavy atom. The highest BCUT2D eigenvalue weighted by molar-refractivity contribution is 7.99. The van der Waals surface area contributed by atoms with E-state index in [9.17, 15) is 18.4 Å². The van der Waals surface area contributed by atoms with Crippen LogP contribution in [0.5, 0.6) is 0 Å². The zero-order chi connectivity index (χ0) is 24.4. The number of benzene rings is 1. The minimum Gasteiger partial charge on any atom is -0.319 e. The molecule has 31 heavy (non-hydrogen) atoms. The van der Waals surface area contributed by atoms with Gasteiger partial charge in [0, 0.05) is 9.79 Å². The fraction of sp³-hybridized carbons (Fsp3) is 0.478. The Bertz CT molecular complexity index is 887. The van der Waals surface area contributed by atoms with E-state index in [4.69, 9.17) is 23.2 Å². The molecule has 1 heterocycles. The Balaban J connectivity index is 0.000000970. The van der Waals surface area contributed by atoms with Crippen LogP contribution in [-0.2, 0) is 5.38 Å². The Morgan fingerprint density at radius 3 is 2.16 bits per heavy atom. The van der Waals surface area contributed by atoms with Gasteiger partial charge < -0.3 is 4.98 Å². The summed E-state index contributed by atoms with van der Waals surface area (Å²) in [5.41, 5.74) is -1.11. The lowest BCUT2D eigenvalue weighted by Gasteiger charge is -2.14. The highest BCUT2D eigenvalue weighted by Gasteiger charge is 2.31. The van der Waals surface area contributed by atoms with Gasteiger partial charge in [-0.05, 0) is 49.1 Å². The molecule has 0 aliphatic carbocycles. The van der Waals surface area contributed by atoms with Crippen LogP contribution in [0.2, 0.25) is 5.02 Å². The summed E-state index contributed by atoms with van der Waals surface area (Å²) in [4.78, 5) is 26.3. The smallest absolute Gasteiger partial charge is 0.319 e. The number of rotatable bonds is 6. The molecule has 0 aliphatic rings. The number of alkyl halides is 3. The number of halogens is 4. The average Bonchev–Trinajstić information content (AvgIpc) is 2.70. The second-order valence-corrected chi connectivity index (χ2v) is 8.65. The number of H-pyrrole nitrogens is 1. The lowest BCUT2D eigenvalue weighted by molar-refractivity contribution is 0.0888. The number of ketones is 1. The molecular formula is C23H31Cl2F2NO2S. The van der Waals surface area contributed by atoms with Crippen molar-refractivity contribution >= 4 is 40.7 Å². The van der Waals surface area contributed by atoms with Crippen molar-refractivity contribution in [3.8, 4) is 0 Å². The van der Waals surface area contributed by atoms with E-state index >= 15 is 0 Å². The molecular weight excluding hydrogens is 463 g/mol. The number of hydrogen-bond acceptors (Lipinski definition) is 3. The van der Waals surface area contributed by atoms with E-state index in [2.05, 4.69) is 20.8 Å². The molecule has 0 unspecified atom stereocenters. The molecule has 8 heteroatoms. The topological polar surface area (TPSA) is 49.9 Å². The number of pyridine rings is 1. The van der Waals surface area contributed by atoms with Crippen molar-refractivity contribution in [2.45, 2.75) is 76.5 Å². The number of carbonyl (C=O) groups is 1. The van der Waals surface area contributed by atoms with Gasteiger partial charge in [-0.1, -0.05) is 83.0 Å². The monoisotopic (exact) mass is 493 g/mol. The molecule has 3 nitrogen and oxygen atoms in total. The van der Waals surface area contributed by atoms with E-state index in [1.165, 1.54) is 19.8 Å². The number of carbonyl (C=O) groups excluding carboxylic acids is 1. The summed E-state index contributed by atoms with van der Waals surface area (Å²) < 4.78 is 26.6. The third-order valence-corrected chi connectivity index (χ3v) is 6.34. The molecule has 0 radical (unpaired) electrons. The minimum absolute atomic E-state index is 0.0766. The molecule has 0 fully saturated rings. The van der Waals surface area contributed by atoms with Gasteiger partial charge in [-0.25, -0.2) is 0 Å². The molecule has 1 N–H and O–H groups in total. The first kappa shape index (κ1) is 29.6. The third kappa shape index (κ3) is 9.34.